The van der Waals surface area contributed by atoms with Gasteiger partial charge in [0.25, 0.3) is 0 Å². The van der Waals surface area contributed by atoms with Gasteiger partial charge in [0.15, 0.2) is 0 Å². The van der Waals surface area contributed by atoms with Gasteiger partial charge in [0.2, 0.25) is 0 Å². The van der Waals surface area contributed by atoms with Gasteiger partial charge in [0.05, 0.1) is 6.04 Å². The summed E-state index contributed by atoms with van der Waals surface area (Å²) in [7, 11) is 0. The fraction of sp³-hybridized carbons (Fsp3) is 0.714. The quantitative estimate of drug-likeness (QED) is 0.907. The minimum atomic E-state index is 0.230. The summed E-state index contributed by atoms with van der Waals surface area (Å²) < 4.78 is 1.18. The van der Waals surface area contributed by atoms with Crippen LogP contribution in [0.3, 0.4) is 0 Å². The molecule has 4 unspecified atom stereocenters. The van der Waals surface area contributed by atoms with E-state index < -0.39 is 0 Å². The number of thiophene rings is 1. The van der Waals surface area contributed by atoms with E-state index in [2.05, 4.69) is 53.0 Å². The highest BCUT2D eigenvalue weighted by atomic mass is 79.9. The highest BCUT2D eigenvalue weighted by Gasteiger charge is 2.34. The van der Waals surface area contributed by atoms with Crippen LogP contribution < -0.4 is 5.73 Å². The molecule has 0 spiro atoms. The maximum Gasteiger partial charge on any atom is 0.0593 e. The van der Waals surface area contributed by atoms with Gasteiger partial charge in [-0.2, -0.15) is 0 Å². The molecule has 1 saturated heterocycles. The number of nitrogens with two attached hydrogens (primary N) is 1. The number of halogens is 1. The number of nitrogens with zero attached hydrogens (tertiary/aromatic N) is 1. The first-order chi connectivity index (χ1) is 8.52. The summed E-state index contributed by atoms with van der Waals surface area (Å²) >= 11 is 5.38. The molecule has 102 valence electrons. The third kappa shape index (κ3) is 2.98. The molecule has 1 aliphatic rings. The van der Waals surface area contributed by atoms with Crippen LogP contribution in [0.4, 0.5) is 0 Å². The molecule has 0 amide bonds. The lowest BCUT2D eigenvalue weighted by Gasteiger charge is -2.31. The summed E-state index contributed by atoms with van der Waals surface area (Å²) in [5.41, 5.74) is 6.38. The Hall–Kier alpha value is 0.1000. The van der Waals surface area contributed by atoms with Crippen LogP contribution in [0.25, 0.3) is 0 Å². The van der Waals surface area contributed by atoms with Crippen LogP contribution in [0, 0.1) is 11.8 Å². The average molecular weight is 331 g/mol. The van der Waals surface area contributed by atoms with E-state index in [0.29, 0.717) is 6.04 Å². The van der Waals surface area contributed by atoms with Gasteiger partial charge in [-0.25, -0.2) is 0 Å². The van der Waals surface area contributed by atoms with Gasteiger partial charge in [-0.1, -0.05) is 20.8 Å². The van der Waals surface area contributed by atoms with E-state index in [0.717, 1.165) is 18.3 Å². The largest absolute Gasteiger partial charge is 0.326 e. The van der Waals surface area contributed by atoms with Crippen LogP contribution in [-0.2, 0) is 0 Å². The average Bonchev–Trinajstić information content (AvgIpc) is 2.87. The van der Waals surface area contributed by atoms with Crippen LogP contribution in [0.5, 0.6) is 0 Å². The highest BCUT2D eigenvalue weighted by molar-refractivity contribution is 9.10. The van der Waals surface area contributed by atoms with Crippen molar-refractivity contribution in [3.63, 3.8) is 0 Å². The third-order valence-corrected chi connectivity index (χ3v) is 5.93. The second kappa shape index (κ2) is 6.04. The van der Waals surface area contributed by atoms with E-state index in [9.17, 15) is 0 Å². The minimum Gasteiger partial charge on any atom is -0.326 e. The van der Waals surface area contributed by atoms with E-state index in [1.54, 1.807) is 0 Å². The summed E-state index contributed by atoms with van der Waals surface area (Å²) in [5, 5.41) is 2.16. The van der Waals surface area contributed by atoms with Crippen molar-refractivity contribution >= 4 is 27.3 Å². The third-order valence-electron chi connectivity index (χ3n) is 4.17. The van der Waals surface area contributed by atoms with Crippen molar-refractivity contribution in [1.82, 2.24) is 4.90 Å². The summed E-state index contributed by atoms with van der Waals surface area (Å²) in [5.74, 6) is 1.56. The van der Waals surface area contributed by atoms with Gasteiger partial charge >= 0.3 is 0 Å². The van der Waals surface area contributed by atoms with Crippen molar-refractivity contribution in [2.24, 2.45) is 17.6 Å². The van der Waals surface area contributed by atoms with Gasteiger partial charge < -0.3 is 5.73 Å². The molecular formula is C14H23BrN2S. The number of hydrogen-bond acceptors (Lipinski definition) is 3. The summed E-state index contributed by atoms with van der Waals surface area (Å²) in [4.78, 5) is 3.99. The molecule has 4 atom stereocenters. The predicted molar refractivity (Wildman–Crippen MR) is 82.9 cm³/mol. The Morgan fingerprint density at radius 2 is 2.06 bits per heavy atom. The van der Waals surface area contributed by atoms with Crippen LogP contribution in [0.2, 0.25) is 0 Å². The Morgan fingerprint density at radius 3 is 2.50 bits per heavy atom. The smallest absolute Gasteiger partial charge is 0.0593 e. The van der Waals surface area contributed by atoms with Gasteiger partial charge in [-0.05, 0) is 40.3 Å². The monoisotopic (exact) mass is 330 g/mol. The van der Waals surface area contributed by atoms with Gasteiger partial charge in [-0.15, -0.1) is 11.3 Å². The van der Waals surface area contributed by atoms with Crippen LogP contribution >= 0.6 is 27.3 Å². The maximum atomic E-state index is 6.38. The molecule has 2 heterocycles. The van der Waals surface area contributed by atoms with E-state index in [4.69, 9.17) is 5.73 Å². The van der Waals surface area contributed by atoms with E-state index in [1.807, 2.05) is 11.3 Å². The number of rotatable bonds is 4. The predicted octanol–water partition coefficient (Wildman–Crippen LogP) is 3.88. The molecule has 1 aromatic heterocycles. The molecule has 18 heavy (non-hydrogen) atoms. The van der Waals surface area contributed by atoms with Gasteiger partial charge in [0.1, 0.15) is 0 Å². The Morgan fingerprint density at radius 1 is 1.44 bits per heavy atom. The summed E-state index contributed by atoms with van der Waals surface area (Å²) in [6.45, 7) is 9.24. The standard InChI is InChI=1S/C14H23BrN2S/c1-4-12(16)14(13-5-11(15)8-18-13)17-6-9(2)10(3)7-17/h5,8-10,12,14H,4,6-7,16H2,1-3H3. The van der Waals surface area contributed by atoms with Gasteiger partial charge in [-0.3, -0.25) is 4.90 Å². The van der Waals surface area contributed by atoms with Crippen molar-refractivity contribution in [1.29, 1.82) is 0 Å². The fourth-order valence-electron chi connectivity index (χ4n) is 2.77. The topological polar surface area (TPSA) is 29.3 Å². The van der Waals surface area contributed by atoms with Crippen molar-refractivity contribution in [2.75, 3.05) is 13.1 Å². The van der Waals surface area contributed by atoms with E-state index in [1.165, 1.54) is 22.4 Å². The van der Waals surface area contributed by atoms with Crippen molar-refractivity contribution in [3.05, 3.63) is 20.8 Å². The molecule has 0 saturated carbocycles. The first-order valence-corrected chi connectivity index (χ1v) is 8.43. The van der Waals surface area contributed by atoms with Crippen LogP contribution in [0.1, 0.15) is 38.1 Å². The highest BCUT2D eigenvalue weighted by Crippen LogP contribution is 2.36. The molecule has 2 nitrogen and oxygen atoms in total. The summed E-state index contributed by atoms with van der Waals surface area (Å²) in [6, 6.07) is 2.85. The molecule has 1 aliphatic heterocycles. The fourth-order valence-corrected chi connectivity index (χ4v) is 4.42. The molecule has 0 radical (unpaired) electrons. The second-order valence-electron chi connectivity index (χ2n) is 5.59. The Kier molecular flexibility index (Phi) is 4.86. The normalized spacial score (nSPS) is 28.5. The summed E-state index contributed by atoms with van der Waals surface area (Å²) in [6.07, 6.45) is 1.03. The van der Waals surface area contributed by atoms with Crippen molar-refractivity contribution < 1.29 is 0 Å². The Balaban J connectivity index is 2.21. The van der Waals surface area contributed by atoms with Crippen LogP contribution in [0.15, 0.2) is 15.9 Å². The van der Waals surface area contributed by atoms with Crippen LogP contribution in [-0.4, -0.2) is 24.0 Å². The maximum absolute atomic E-state index is 6.38. The zero-order chi connectivity index (χ0) is 13.3. The van der Waals surface area contributed by atoms with Crippen molar-refractivity contribution in [3.8, 4) is 0 Å². The molecule has 0 aromatic carbocycles. The minimum absolute atomic E-state index is 0.230. The molecule has 4 heteroatoms. The first kappa shape index (κ1) is 14.5. The zero-order valence-corrected chi connectivity index (χ0v) is 13.8. The van der Waals surface area contributed by atoms with Gasteiger partial charge in [0, 0.05) is 33.9 Å². The lowest BCUT2D eigenvalue weighted by molar-refractivity contribution is 0.204. The number of likely N-dealkylation sites (tertiary alicyclic amines) is 1. The van der Waals surface area contributed by atoms with Crippen molar-refractivity contribution in [2.45, 2.75) is 39.3 Å². The molecular weight excluding hydrogens is 308 g/mol. The first-order valence-electron chi connectivity index (χ1n) is 6.76. The molecule has 2 rings (SSSR count). The zero-order valence-electron chi connectivity index (χ0n) is 11.4. The lowest BCUT2D eigenvalue weighted by atomic mass is 10.0. The molecule has 2 N–H and O–H groups in total. The SMILES string of the molecule is CCC(N)C(c1cc(Br)cs1)N1CC(C)C(C)C1. The Bertz CT molecular complexity index is 383. The van der Waals surface area contributed by atoms with E-state index in [-0.39, 0.29) is 6.04 Å². The molecule has 0 bridgehead atoms. The molecule has 1 fully saturated rings. The molecule has 1 aromatic rings. The Labute approximate surface area is 123 Å². The molecule has 0 aliphatic carbocycles. The second-order valence-corrected chi connectivity index (χ2v) is 7.45. The lowest BCUT2D eigenvalue weighted by Crippen LogP contribution is -2.39. The number of hydrogen-bond donors (Lipinski definition) is 1. The van der Waals surface area contributed by atoms with E-state index >= 15 is 0 Å².